The molecule has 0 spiro atoms. The van der Waals surface area contributed by atoms with Crippen molar-refractivity contribution in [1.82, 2.24) is 10.6 Å². The van der Waals surface area contributed by atoms with Gasteiger partial charge in [0.15, 0.2) is 0 Å². The van der Waals surface area contributed by atoms with Crippen LogP contribution in [-0.4, -0.2) is 30.3 Å². The van der Waals surface area contributed by atoms with Crippen molar-refractivity contribution >= 4 is 23.4 Å². The molecule has 6 nitrogen and oxygen atoms in total. The summed E-state index contributed by atoms with van der Waals surface area (Å²) in [7, 11) is 0. The van der Waals surface area contributed by atoms with Crippen molar-refractivity contribution in [3.05, 3.63) is 29.3 Å². The smallest absolute Gasteiger partial charge is 0.251 e. The van der Waals surface area contributed by atoms with Gasteiger partial charge >= 0.3 is 0 Å². The van der Waals surface area contributed by atoms with E-state index in [2.05, 4.69) is 16.0 Å². The normalized spacial score (nSPS) is 20.9. The number of carbonyl (C=O) groups is 3. The number of aryl methyl sites for hydroxylation is 1. The molecule has 1 aromatic rings. The molecule has 1 atom stereocenters. The fourth-order valence-electron chi connectivity index (χ4n) is 2.50. The molecular formula is C14H15N3O3. The second kappa shape index (κ2) is 4.96. The predicted molar refractivity (Wildman–Crippen MR) is 72.3 cm³/mol. The molecule has 1 saturated heterocycles. The summed E-state index contributed by atoms with van der Waals surface area (Å²) in [5.41, 5.74) is 2.30. The van der Waals surface area contributed by atoms with Crippen LogP contribution >= 0.6 is 0 Å². The van der Waals surface area contributed by atoms with Gasteiger partial charge in [-0.3, -0.25) is 14.4 Å². The third kappa shape index (κ3) is 2.49. The summed E-state index contributed by atoms with van der Waals surface area (Å²) in [5, 5.41) is 8.29. The van der Waals surface area contributed by atoms with E-state index in [9.17, 15) is 14.4 Å². The van der Waals surface area contributed by atoms with E-state index >= 15 is 0 Å². The molecule has 1 aromatic carbocycles. The number of benzene rings is 1. The molecule has 2 heterocycles. The Hall–Kier alpha value is -2.37. The molecular weight excluding hydrogens is 258 g/mol. The molecule has 20 heavy (non-hydrogen) atoms. The number of amides is 3. The summed E-state index contributed by atoms with van der Waals surface area (Å²) >= 11 is 0. The minimum Gasteiger partial charge on any atom is -0.354 e. The fraction of sp³-hybridized carbons (Fsp3) is 0.357. The molecule has 0 bridgehead atoms. The topological polar surface area (TPSA) is 87.3 Å². The maximum absolute atomic E-state index is 12.1. The molecule has 0 saturated carbocycles. The van der Waals surface area contributed by atoms with Crippen molar-refractivity contribution in [1.29, 1.82) is 0 Å². The number of hydrogen-bond acceptors (Lipinski definition) is 3. The summed E-state index contributed by atoms with van der Waals surface area (Å²) in [6, 6.07) is 5.09. The number of fused-ring (bicyclic) bond motifs is 1. The Morgan fingerprint density at radius 2 is 2.05 bits per heavy atom. The van der Waals surface area contributed by atoms with Crippen LogP contribution in [0.3, 0.4) is 0 Å². The molecule has 3 amide bonds. The Kier molecular flexibility index (Phi) is 3.14. The van der Waals surface area contributed by atoms with E-state index in [1.54, 1.807) is 18.2 Å². The van der Waals surface area contributed by atoms with Crippen LogP contribution in [0.15, 0.2) is 18.2 Å². The van der Waals surface area contributed by atoms with E-state index in [0.717, 1.165) is 11.3 Å². The van der Waals surface area contributed by atoms with E-state index in [4.69, 9.17) is 0 Å². The van der Waals surface area contributed by atoms with Crippen LogP contribution in [0.4, 0.5) is 5.69 Å². The first-order chi connectivity index (χ1) is 9.61. The van der Waals surface area contributed by atoms with E-state index in [0.29, 0.717) is 31.4 Å². The predicted octanol–water partition coefficient (Wildman–Crippen LogP) is 0.190. The van der Waals surface area contributed by atoms with Gasteiger partial charge in [-0.15, -0.1) is 0 Å². The molecule has 0 aliphatic carbocycles. The molecule has 1 fully saturated rings. The van der Waals surface area contributed by atoms with Gasteiger partial charge < -0.3 is 16.0 Å². The summed E-state index contributed by atoms with van der Waals surface area (Å²) < 4.78 is 0. The van der Waals surface area contributed by atoms with Crippen LogP contribution in [0.1, 0.15) is 28.8 Å². The van der Waals surface area contributed by atoms with Crippen LogP contribution in [0.25, 0.3) is 0 Å². The zero-order valence-electron chi connectivity index (χ0n) is 10.9. The summed E-state index contributed by atoms with van der Waals surface area (Å²) in [5.74, 6) is -0.222. The highest BCUT2D eigenvalue weighted by Gasteiger charge is 2.24. The monoisotopic (exact) mass is 273 g/mol. The van der Waals surface area contributed by atoms with Crippen LogP contribution in [0, 0.1) is 0 Å². The SMILES string of the molecule is O=C1CC(NC(=O)c2ccc3c(c2)CCC(=O)N3)CN1. The lowest BCUT2D eigenvalue weighted by Gasteiger charge is -2.18. The molecule has 2 aliphatic heterocycles. The number of carbonyl (C=O) groups excluding carboxylic acids is 3. The van der Waals surface area contributed by atoms with Gasteiger partial charge in [-0.2, -0.15) is 0 Å². The van der Waals surface area contributed by atoms with Crippen molar-refractivity contribution in [2.75, 3.05) is 11.9 Å². The van der Waals surface area contributed by atoms with Crippen molar-refractivity contribution in [2.24, 2.45) is 0 Å². The largest absolute Gasteiger partial charge is 0.354 e. The molecule has 0 aromatic heterocycles. The first-order valence-electron chi connectivity index (χ1n) is 6.62. The maximum atomic E-state index is 12.1. The van der Waals surface area contributed by atoms with Crippen LogP contribution in [-0.2, 0) is 16.0 Å². The highest BCUT2D eigenvalue weighted by molar-refractivity contribution is 5.98. The van der Waals surface area contributed by atoms with E-state index in [1.165, 1.54) is 0 Å². The van der Waals surface area contributed by atoms with Gasteiger partial charge in [0.2, 0.25) is 11.8 Å². The van der Waals surface area contributed by atoms with E-state index in [-0.39, 0.29) is 23.8 Å². The maximum Gasteiger partial charge on any atom is 0.251 e. The number of rotatable bonds is 2. The molecule has 2 aliphatic rings. The Labute approximate surface area is 115 Å². The van der Waals surface area contributed by atoms with Crippen molar-refractivity contribution in [3.63, 3.8) is 0 Å². The molecule has 3 rings (SSSR count). The highest BCUT2D eigenvalue weighted by atomic mass is 16.2. The van der Waals surface area contributed by atoms with Crippen molar-refractivity contribution in [3.8, 4) is 0 Å². The van der Waals surface area contributed by atoms with E-state index < -0.39 is 0 Å². The Morgan fingerprint density at radius 3 is 2.80 bits per heavy atom. The standard InChI is InChI=1S/C14H15N3O3/c18-12-4-2-8-5-9(1-3-11(8)17-12)14(20)16-10-6-13(19)15-7-10/h1,3,5,10H,2,4,6-7H2,(H,15,19)(H,16,20)(H,17,18). The van der Waals surface area contributed by atoms with Gasteiger partial charge in [0, 0.05) is 30.6 Å². The third-order valence-electron chi connectivity index (χ3n) is 3.58. The lowest BCUT2D eigenvalue weighted by molar-refractivity contribution is -0.119. The minimum atomic E-state index is -0.189. The molecule has 0 radical (unpaired) electrons. The van der Waals surface area contributed by atoms with E-state index in [1.807, 2.05) is 0 Å². The quantitative estimate of drug-likeness (QED) is 0.719. The van der Waals surface area contributed by atoms with Gasteiger partial charge in [0.25, 0.3) is 5.91 Å². The molecule has 104 valence electrons. The summed E-state index contributed by atoms with van der Waals surface area (Å²) in [4.78, 5) is 34.5. The Morgan fingerprint density at radius 1 is 1.20 bits per heavy atom. The van der Waals surface area contributed by atoms with Crippen LogP contribution in [0.5, 0.6) is 0 Å². The summed E-state index contributed by atoms with van der Waals surface area (Å²) in [6.07, 6.45) is 1.41. The summed E-state index contributed by atoms with van der Waals surface area (Å²) in [6.45, 7) is 0.478. The number of hydrogen-bond donors (Lipinski definition) is 3. The highest BCUT2D eigenvalue weighted by Crippen LogP contribution is 2.23. The van der Waals surface area contributed by atoms with Gasteiger partial charge in [-0.05, 0) is 30.2 Å². The average Bonchev–Trinajstić information content (AvgIpc) is 2.83. The second-order valence-electron chi connectivity index (χ2n) is 5.10. The zero-order chi connectivity index (χ0) is 14.1. The van der Waals surface area contributed by atoms with Crippen LogP contribution in [0.2, 0.25) is 0 Å². The molecule has 1 unspecified atom stereocenters. The van der Waals surface area contributed by atoms with Gasteiger partial charge in [0.1, 0.15) is 0 Å². The van der Waals surface area contributed by atoms with Crippen LogP contribution < -0.4 is 16.0 Å². The lowest BCUT2D eigenvalue weighted by Crippen LogP contribution is -2.36. The first-order valence-corrected chi connectivity index (χ1v) is 6.62. The number of anilines is 1. The number of nitrogens with one attached hydrogen (secondary N) is 3. The van der Waals surface area contributed by atoms with Gasteiger partial charge in [0.05, 0.1) is 6.04 Å². The second-order valence-corrected chi connectivity index (χ2v) is 5.10. The van der Waals surface area contributed by atoms with Crippen molar-refractivity contribution < 1.29 is 14.4 Å². The minimum absolute atomic E-state index is 0.00486. The lowest BCUT2D eigenvalue weighted by atomic mass is 10.00. The third-order valence-corrected chi connectivity index (χ3v) is 3.58. The van der Waals surface area contributed by atoms with Gasteiger partial charge in [-0.25, -0.2) is 0 Å². The molecule has 3 N–H and O–H groups in total. The Balaban J connectivity index is 1.72. The zero-order valence-corrected chi connectivity index (χ0v) is 10.9. The Bertz CT molecular complexity index is 597. The van der Waals surface area contributed by atoms with Crippen molar-refractivity contribution in [2.45, 2.75) is 25.3 Å². The average molecular weight is 273 g/mol. The first kappa shape index (κ1) is 12.7. The fourth-order valence-corrected chi connectivity index (χ4v) is 2.50. The molecule has 6 heteroatoms. The van der Waals surface area contributed by atoms with Gasteiger partial charge in [-0.1, -0.05) is 0 Å².